The van der Waals surface area contributed by atoms with Gasteiger partial charge < -0.3 is 14.5 Å². The predicted molar refractivity (Wildman–Crippen MR) is 114 cm³/mol. The van der Waals surface area contributed by atoms with Crippen LogP contribution < -0.4 is 15.5 Å². The van der Waals surface area contributed by atoms with Crippen molar-refractivity contribution in [2.45, 2.75) is 6.18 Å². The van der Waals surface area contributed by atoms with Gasteiger partial charge >= 0.3 is 6.18 Å². The molecule has 0 bridgehead atoms. The van der Waals surface area contributed by atoms with Crippen molar-refractivity contribution in [3.05, 3.63) is 94.1 Å². The average molecular weight is 439 g/mol. The molecule has 5 nitrogen and oxygen atoms in total. The van der Waals surface area contributed by atoms with Crippen LogP contribution in [0.25, 0.3) is 22.3 Å². The Bertz CT molecular complexity index is 1340. The lowest BCUT2D eigenvalue weighted by atomic mass is 10.1. The Morgan fingerprint density at radius 3 is 2.25 bits per heavy atom. The number of hydrogen-bond acceptors (Lipinski definition) is 4. The monoisotopic (exact) mass is 439 g/mol. The first-order chi connectivity index (χ1) is 15.2. The zero-order chi connectivity index (χ0) is 22.9. The van der Waals surface area contributed by atoms with Crippen LogP contribution in [0, 0.1) is 0 Å². The van der Waals surface area contributed by atoms with Gasteiger partial charge in [0.05, 0.1) is 18.1 Å². The number of methoxy groups -OCH3 is 1. The summed E-state index contributed by atoms with van der Waals surface area (Å²) in [7, 11) is 1.51. The molecular formula is C24H16F3NO4. The first-order valence-corrected chi connectivity index (χ1v) is 9.45. The fourth-order valence-electron chi connectivity index (χ4n) is 3.14. The smallest absolute Gasteiger partial charge is 0.416 e. The van der Waals surface area contributed by atoms with Gasteiger partial charge in [-0.2, -0.15) is 13.2 Å². The van der Waals surface area contributed by atoms with Gasteiger partial charge in [-0.1, -0.05) is 0 Å². The third kappa shape index (κ3) is 4.34. The molecule has 0 spiro atoms. The minimum absolute atomic E-state index is 0.0954. The molecule has 4 aromatic rings. The number of carbonyl (C=O) groups excluding carboxylic acids is 1. The SMILES string of the molecule is COc1ccc2oc(-c3ccc(NC(=O)c4ccc(C(F)(F)F)cc4)cc3)cc(=O)c2c1. The van der Waals surface area contributed by atoms with Gasteiger partial charge in [-0.25, -0.2) is 0 Å². The summed E-state index contributed by atoms with van der Waals surface area (Å²) in [6.07, 6.45) is -4.46. The van der Waals surface area contributed by atoms with Gasteiger partial charge in [0.1, 0.15) is 17.1 Å². The van der Waals surface area contributed by atoms with E-state index in [0.717, 1.165) is 24.3 Å². The second kappa shape index (κ2) is 8.22. The standard InChI is InChI=1S/C24H16F3NO4/c1-31-18-10-11-21-19(12-18)20(29)13-22(32-21)14-4-8-17(9-5-14)28-23(30)15-2-6-16(7-3-15)24(25,26)27/h2-13H,1H3,(H,28,30). The molecule has 0 saturated heterocycles. The van der Waals surface area contributed by atoms with Crippen molar-refractivity contribution < 1.29 is 27.1 Å². The van der Waals surface area contributed by atoms with Crippen molar-refractivity contribution in [3.8, 4) is 17.1 Å². The van der Waals surface area contributed by atoms with E-state index in [2.05, 4.69) is 5.32 Å². The molecule has 0 aliphatic heterocycles. The van der Waals surface area contributed by atoms with Crippen LogP contribution in [0.4, 0.5) is 18.9 Å². The summed E-state index contributed by atoms with van der Waals surface area (Å²) in [5, 5.41) is 3.02. The van der Waals surface area contributed by atoms with Crippen molar-refractivity contribution in [1.82, 2.24) is 0 Å². The Labute approximate surface area is 180 Å². The Kier molecular flexibility index (Phi) is 5.44. The topological polar surface area (TPSA) is 68.5 Å². The van der Waals surface area contributed by atoms with Crippen LogP contribution >= 0.6 is 0 Å². The maximum atomic E-state index is 12.7. The van der Waals surface area contributed by atoms with E-state index in [1.54, 1.807) is 42.5 Å². The van der Waals surface area contributed by atoms with Crippen LogP contribution in [-0.2, 0) is 6.18 Å². The molecular weight excluding hydrogens is 423 g/mol. The maximum Gasteiger partial charge on any atom is 0.416 e. The van der Waals surface area contributed by atoms with E-state index in [1.165, 1.54) is 13.2 Å². The highest BCUT2D eigenvalue weighted by Crippen LogP contribution is 2.29. The fourth-order valence-corrected chi connectivity index (χ4v) is 3.14. The summed E-state index contributed by atoms with van der Waals surface area (Å²) in [6, 6.07) is 16.8. The number of alkyl halides is 3. The Morgan fingerprint density at radius 1 is 0.938 bits per heavy atom. The van der Waals surface area contributed by atoms with Crippen molar-refractivity contribution >= 4 is 22.6 Å². The number of hydrogen-bond donors (Lipinski definition) is 1. The van der Waals surface area contributed by atoms with Crippen molar-refractivity contribution in [1.29, 1.82) is 0 Å². The molecule has 1 aromatic heterocycles. The quantitative estimate of drug-likeness (QED) is 0.440. The summed E-state index contributed by atoms with van der Waals surface area (Å²) in [5.41, 5.74) is 0.512. The summed E-state index contributed by atoms with van der Waals surface area (Å²) >= 11 is 0. The molecule has 4 rings (SSSR count). The van der Waals surface area contributed by atoms with Crippen LogP contribution in [-0.4, -0.2) is 13.0 Å². The number of anilines is 1. The lowest BCUT2D eigenvalue weighted by Crippen LogP contribution is -2.12. The molecule has 0 radical (unpaired) electrons. The van der Waals surface area contributed by atoms with Gasteiger partial charge in [0, 0.05) is 22.9 Å². The molecule has 3 aromatic carbocycles. The molecule has 0 aliphatic rings. The number of halogens is 3. The number of ether oxygens (including phenoxy) is 1. The minimum Gasteiger partial charge on any atom is -0.497 e. The molecule has 0 fully saturated rings. The third-order valence-electron chi connectivity index (χ3n) is 4.84. The number of amides is 1. The number of fused-ring (bicyclic) bond motifs is 1. The van der Waals surface area contributed by atoms with Crippen LogP contribution in [0.15, 0.2) is 82.0 Å². The van der Waals surface area contributed by atoms with Crippen molar-refractivity contribution in [2.24, 2.45) is 0 Å². The second-order valence-electron chi connectivity index (χ2n) is 6.94. The average Bonchev–Trinajstić information content (AvgIpc) is 2.79. The molecule has 0 unspecified atom stereocenters. The molecule has 0 atom stereocenters. The zero-order valence-electron chi connectivity index (χ0n) is 16.7. The molecule has 0 saturated carbocycles. The maximum absolute atomic E-state index is 12.7. The molecule has 162 valence electrons. The third-order valence-corrected chi connectivity index (χ3v) is 4.84. The van der Waals surface area contributed by atoms with Crippen molar-refractivity contribution in [2.75, 3.05) is 12.4 Å². The molecule has 1 N–H and O–H groups in total. The summed E-state index contributed by atoms with van der Waals surface area (Å²) in [6.45, 7) is 0. The minimum atomic E-state index is -4.46. The van der Waals surface area contributed by atoms with E-state index in [9.17, 15) is 22.8 Å². The number of carbonyl (C=O) groups is 1. The van der Waals surface area contributed by atoms with Gasteiger partial charge in [0.2, 0.25) is 0 Å². The normalized spacial score (nSPS) is 11.4. The molecule has 32 heavy (non-hydrogen) atoms. The Balaban J connectivity index is 1.53. The highest BCUT2D eigenvalue weighted by atomic mass is 19.4. The largest absolute Gasteiger partial charge is 0.497 e. The number of rotatable bonds is 4. The Hall–Kier alpha value is -4.07. The predicted octanol–water partition coefficient (Wildman–Crippen LogP) is 5.74. The van der Waals surface area contributed by atoms with Crippen LogP contribution in [0.1, 0.15) is 15.9 Å². The van der Waals surface area contributed by atoms with Crippen molar-refractivity contribution in [3.63, 3.8) is 0 Å². The summed E-state index contributed by atoms with van der Waals surface area (Å²) in [5.74, 6) is 0.358. The first kappa shape index (κ1) is 21.2. The van der Waals surface area contributed by atoms with E-state index in [-0.39, 0.29) is 11.0 Å². The highest BCUT2D eigenvalue weighted by Gasteiger charge is 2.30. The first-order valence-electron chi connectivity index (χ1n) is 9.45. The Morgan fingerprint density at radius 2 is 1.62 bits per heavy atom. The van der Waals surface area contributed by atoms with Crippen LogP contribution in [0.2, 0.25) is 0 Å². The van der Waals surface area contributed by atoms with E-state index in [0.29, 0.717) is 33.7 Å². The lowest BCUT2D eigenvalue weighted by Gasteiger charge is -2.09. The van der Waals surface area contributed by atoms with E-state index in [4.69, 9.17) is 9.15 Å². The lowest BCUT2D eigenvalue weighted by molar-refractivity contribution is -0.137. The van der Waals surface area contributed by atoms with Gasteiger partial charge in [-0.3, -0.25) is 9.59 Å². The second-order valence-corrected chi connectivity index (χ2v) is 6.94. The summed E-state index contributed by atoms with van der Waals surface area (Å²) < 4.78 is 48.9. The molecule has 1 heterocycles. The van der Waals surface area contributed by atoms with E-state index < -0.39 is 17.6 Å². The van der Waals surface area contributed by atoms with Gasteiger partial charge in [-0.15, -0.1) is 0 Å². The molecule has 1 amide bonds. The summed E-state index contributed by atoms with van der Waals surface area (Å²) in [4.78, 5) is 24.8. The van der Waals surface area contributed by atoms with E-state index in [1.807, 2.05) is 0 Å². The molecule has 8 heteroatoms. The van der Waals surface area contributed by atoms with Crippen LogP contribution in [0.3, 0.4) is 0 Å². The highest BCUT2D eigenvalue weighted by molar-refractivity contribution is 6.04. The van der Waals surface area contributed by atoms with Gasteiger partial charge in [0.15, 0.2) is 5.43 Å². The zero-order valence-corrected chi connectivity index (χ0v) is 16.7. The molecule has 0 aliphatic carbocycles. The van der Waals surface area contributed by atoms with E-state index >= 15 is 0 Å². The van der Waals surface area contributed by atoms with Crippen LogP contribution in [0.5, 0.6) is 5.75 Å². The van der Waals surface area contributed by atoms with Gasteiger partial charge in [0.25, 0.3) is 5.91 Å². The fraction of sp³-hybridized carbons (Fsp3) is 0.0833. The van der Waals surface area contributed by atoms with Gasteiger partial charge in [-0.05, 0) is 66.7 Å². The number of nitrogens with one attached hydrogen (secondary N) is 1. The number of benzene rings is 3.